The molecule has 1 heterocycles. The third-order valence-corrected chi connectivity index (χ3v) is 5.78. The third-order valence-electron chi connectivity index (χ3n) is 5.78. The minimum atomic E-state index is -0.114. The largest absolute Gasteiger partial charge is 0.325 e. The zero-order valence-corrected chi connectivity index (χ0v) is 13.5. The van der Waals surface area contributed by atoms with Crippen molar-refractivity contribution in [1.29, 1.82) is 0 Å². The summed E-state index contributed by atoms with van der Waals surface area (Å²) in [5.74, 6) is 0. The van der Waals surface area contributed by atoms with Crippen LogP contribution in [-0.4, -0.2) is 30.1 Å². The van der Waals surface area contributed by atoms with E-state index in [1.165, 1.54) is 38.8 Å². The molecule has 0 amide bonds. The van der Waals surface area contributed by atoms with Crippen LogP contribution >= 0.6 is 0 Å². The average molecular weight is 254 g/mol. The molecule has 0 bridgehead atoms. The topological polar surface area (TPSA) is 29.3 Å². The van der Waals surface area contributed by atoms with Crippen LogP contribution in [0.2, 0.25) is 0 Å². The Morgan fingerprint density at radius 3 is 1.78 bits per heavy atom. The van der Waals surface area contributed by atoms with Gasteiger partial charge in [-0.1, -0.05) is 40.5 Å². The summed E-state index contributed by atoms with van der Waals surface area (Å²) in [6.07, 6.45) is 5.40. The van der Waals surface area contributed by atoms with Gasteiger partial charge in [0.25, 0.3) is 0 Å². The van der Waals surface area contributed by atoms with E-state index in [0.29, 0.717) is 5.41 Å². The normalized spacial score (nSPS) is 22.2. The third kappa shape index (κ3) is 3.48. The Balaban J connectivity index is 2.55. The van der Waals surface area contributed by atoms with E-state index >= 15 is 0 Å². The molecule has 0 saturated carbocycles. The van der Waals surface area contributed by atoms with Gasteiger partial charge >= 0.3 is 0 Å². The maximum atomic E-state index is 6.31. The Bertz CT molecular complexity index is 249. The molecule has 0 aromatic rings. The molecular weight excluding hydrogens is 220 g/mol. The Kier molecular flexibility index (Phi) is 4.88. The molecule has 2 nitrogen and oxygen atoms in total. The summed E-state index contributed by atoms with van der Waals surface area (Å²) in [6.45, 7) is 17.2. The number of nitrogens with two attached hydrogens (primary N) is 1. The molecule has 0 spiro atoms. The molecule has 2 N–H and O–H groups in total. The van der Waals surface area contributed by atoms with Crippen LogP contribution in [0.25, 0.3) is 0 Å². The number of rotatable bonds is 5. The Morgan fingerprint density at radius 2 is 1.44 bits per heavy atom. The van der Waals surface area contributed by atoms with Crippen molar-refractivity contribution >= 4 is 0 Å². The van der Waals surface area contributed by atoms with E-state index in [2.05, 4.69) is 46.4 Å². The fourth-order valence-corrected chi connectivity index (χ4v) is 2.91. The number of likely N-dealkylation sites (tertiary alicyclic amines) is 1. The molecule has 1 aliphatic heterocycles. The van der Waals surface area contributed by atoms with Crippen molar-refractivity contribution in [2.24, 2.45) is 16.6 Å². The standard InChI is InChI=1S/C16H34N2/c1-7-16(8-2)9-11-18(12-10-16)13-14(3,4)15(5,6)17/h7-13,17H2,1-6H3. The van der Waals surface area contributed by atoms with E-state index < -0.39 is 0 Å². The highest BCUT2D eigenvalue weighted by Gasteiger charge is 2.37. The van der Waals surface area contributed by atoms with Gasteiger partial charge in [0, 0.05) is 12.1 Å². The fourth-order valence-electron chi connectivity index (χ4n) is 2.91. The minimum absolute atomic E-state index is 0.114. The summed E-state index contributed by atoms with van der Waals surface area (Å²) >= 11 is 0. The van der Waals surface area contributed by atoms with Crippen LogP contribution in [0.1, 0.15) is 67.2 Å². The molecule has 1 fully saturated rings. The summed E-state index contributed by atoms with van der Waals surface area (Å²) in [5, 5.41) is 0. The lowest BCUT2D eigenvalue weighted by atomic mass is 9.72. The van der Waals surface area contributed by atoms with Gasteiger partial charge in [-0.2, -0.15) is 0 Å². The monoisotopic (exact) mass is 254 g/mol. The number of hydrogen-bond donors (Lipinski definition) is 1. The molecule has 1 saturated heterocycles. The van der Waals surface area contributed by atoms with Crippen LogP contribution in [0.4, 0.5) is 0 Å². The zero-order chi connectivity index (χ0) is 14.0. The molecular formula is C16H34N2. The van der Waals surface area contributed by atoms with Crippen LogP contribution in [0.3, 0.4) is 0 Å². The maximum Gasteiger partial charge on any atom is 0.0161 e. The SMILES string of the molecule is CCC1(CC)CCN(CC(C)(C)C(C)(C)N)CC1. The van der Waals surface area contributed by atoms with E-state index in [9.17, 15) is 0 Å². The highest BCUT2D eigenvalue weighted by atomic mass is 15.1. The summed E-state index contributed by atoms with van der Waals surface area (Å²) in [6, 6.07) is 0. The number of piperidine rings is 1. The number of nitrogens with zero attached hydrogens (tertiary/aromatic N) is 1. The molecule has 0 aromatic carbocycles. The maximum absolute atomic E-state index is 6.31. The van der Waals surface area contributed by atoms with Gasteiger partial charge in [0.2, 0.25) is 0 Å². The van der Waals surface area contributed by atoms with Gasteiger partial charge < -0.3 is 10.6 Å². The predicted molar refractivity (Wildman–Crippen MR) is 80.7 cm³/mol. The smallest absolute Gasteiger partial charge is 0.0161 e. The van der Waals surface area contributed by atoms with Crippen LogP contribution < -0.4 is 5.73 Å². The number of hydrogen-bond acceptors (Lipinski definition) is 2. The highest BCUT2D eigenvalue weighted by molar-refractivity contribution is 4.94. The summed E-state index contributed by atoms with van der Waals surface area (Å²) in [7, 11) is 0. The Labute approximate surface area is 114 Å². The molecule has 18 heavy (non-hydrogen) atoms. The van der Waals surface area contributed by atoms with Crippen LogP contribution in [0.15, 0.2) is 0 Å². The van der Waals surface area contributed by atoms with E-state index in [-0.39, 0.29) is 11.0 Å². The quantitative estimate of drug-likeness (QED) is 0.811. The van der Waals surface area contributed by atoms with E-state index in [1.54, 1.807) is 0 Å². The second kappa shape index (κ2) is 5.50. The van der Waals surface area contributed by atoms with E-state index in [1.807, 2.05) is 0 Å². The Morgan fingerprint density at radius 1 is 1.00 bits per heavy atom. The van der Waals surface area contributed by atoms with Gasteiger partial charge in [-0.05, 0) is 50.6 Å². The molecule has 0 aromatic heterocycles. The van der Waals surface area contributed by atoms with Crippen molar-refractivity contribution in [3.63, 3.8) is 0 Å². The van der Waals surface area contributed by atoms with Gasteiger partial charge in [-0.3, -0.25) is 0 Å². The average Bonchev–Trinajstić information content (AvgIpc) is 2.29. The Hall–Kier alpha value is -0.0800. The van der Waals surface area contributed by atoms with E-state index in [0.717, 1.165) is 6.54 Å². The molecule has 0 aliphatic carbocycles. The van der Waals surface area contributed by atoms with Gasteiger partial charge in [0.15, 0.2) is 0 Å². The van der Waals surface area contributed by atoms with Crippen molar-refractivity contribution in [3.05, 3.63) is 0 Å². The lowest BCUT2D eigenvalue weighted by Crippen LogP contribution is -2.54. The molecule has 0 radical (unpaired) electrons. The molecule has 0 unspecified atom stereocenters. The van der Waals surface area contributed by atoms with Gasteiger partial charge in [0.1, 0.15) is 0 Å². The lowest BCUT2D eigenvalue weighted by Gasteiger charge is -2.46. The van der Waals surface area contributed by atoms with Crippen LogP contribution in [0.5, 0.6) is 0 Å². The molecule has 0 atom stereocenters. The minimum Gasteiger partial charge on any atom is -0.325 e. The fraction of sp³-hybridized carbons (Fsp3) is 1.00. The van der Waals surface area contributed by atoms with E-state index in [4.69, 9.17) is 5.73 Å². The molecule has 1 rings (SSSR count). The zero-order valence-electron chi connectivity index (χ0n) is 13.5. The van der Waals surface area contributed by atoms with Crippen LogP contribution in [-0.2, 0) is 0 Å². The molecule has 2 heteroatoms. The van der Waals surface area contributed by atoms with Crippen LogP contribution in [0, 0.1) is 10.8 Å². The summed E-state index contributed by atoms with van der Waals surface area (Å²) < 4.78 is 0. The van der Waals surface area contributed by atoms with Gasteiger partial charge in [-0.25, -0.2) is 0 Å². The first-order chi connectivity index (χ1) is 8.16. The van der Waals surface area contributed by atoms with Gasteiger partial charge in [0.05, 0.1) is 0 Å². The van der Waals surface area contributed by atoms with Crippen molar-refractivity contribution in [2.75, 3.05) is 19.6 Å². The molecule has 108 valence electrons. The summed E-state index contributed by atoms with van der Waals surface area (Å²) in [4.78, 5) is 2.62. The van der Waals surface area contributed by atoms with Gasteiger partial charge in [-0.15, -0.1) is 0 Å². The first-order valence-electron chi connectivity index (χ1n) is 7.67. The van der Waals surface area contributed by atoms with Crippen molar-refractivity contribution in [3.8, 4) is 0 Å². The second-order valence-corrected chi connectivity index (χ2v) is 7.59. The highest BCUT2D eigenvalue weighted by Crippen LogP contribution is 2.39. The first-order valence-corrected chi connectivity index (χ1v) is 7.67. The molecule has 1 aliphatic rings. The van der Waals surface area contributed by atoms with Crippen molar-refractivity contribution < 1.29 is 0 Å². The van der Waals surface area contributed by atoms with Crippen molar-refractivity contribution in [1.82, 2.24) is 4.90 Å². The summed E-state index contributed by atoms with van der Waals surface area (Å²) in [5.41, 5.74) is 6.99. The lowest BCUT2D eigenvalue weighted by molar-refractivity contribution is 0.0483. The first kappa shape index (κ1) is 16.0. The second-order valence-electron chi connectivity index (χ2n) is 7.59. The van der Waals surface area contributed by atoms with Crippen molar-refractivity contribution in [2.45, 2.75) is 72.8 Å². The predicted octanol–water partition coefficient (Wildman–Crippen LogP) is 3.65.